The number of hydrogen-bond donors (Lipinski definition) is 2. The summed E-state index contributed by atoms with van der Waals surface area (Å²) in [6.07, 6.45) is 0. The van der Waals surface area contributed by atoms with Crippen LogP contribution in [0.3, 0.4) is 0 Å². The van der Waals surface area contributed by atoms with Crippen LogP contribution in [0.2, 0.25) is 0 Å². The van der Waals surface area contributed by atoms with Crippen molar-refractivity contribution in [3.05, 3.63) is 0 Å². The number of nitrogens with one attached hydrogen (secondary N) is 1. The van der Waals surface area contributed by atoms with Crippen LogP contribution in [0.5, 0.6) is 0 Å². The lowest BCUT2D eigenvalue weighted by Crippen LogP contribution is -2.52. The molecular formula is C13H24N2O3S. The molecule has 1 aliphatic rings. The van der Waals surface area contributed by atoms with E-state index in [1.165, 1.54) is 4.90 Å². The number of hydrogen-bond acceptors (Lipinski definition) is 3. The van der Waals surface area contributed by atoms with Crippen LogP contribution in [0.4, 0.5) is 4.79 Å². The SMILES string of the molecule is CC(C)C1SCC(C(=O)O)N1C(=O)NCC(C)(C)C. The van der Waals surface area contributed by atoms with Crippen molar-refractivity contribution in [1.82, 2.24) is 10.2 Å². The van der Waals surface area contributed by atoms with Crippen molar-refractivity contribution < 1.29 is 14.7 Å². The summed E-state index contributed by atoms with van der Waals surface area (Å²) in [5.74, 6) is -0.238. The molecule has 1 saturated heterocycles. The molecule has 2 unspecified atom stereocenters. The summed E-state index contributed by atoms with van der Waals surface area (Å²) in [6, 6.07) is -0.997. The van der Waals surface area contributed by atoms with Crippen LogP contribution in [-0.4, -0.2) is 45.7 Å². The van der Waals surface area contributed by atoms with Gasteiger partial charge in [-0.15, -0.1) is 11.8 Å². The zero-order valence-electron chi connectivity index (χ0n) is 12.3. The first-order valence-corrected chi connectivity index (χ1v) is 7.59. The predicted molar refractivity (Wildman–Crippen MR) is 77.2 cm³/mol. The molecule has 1 heterocycles. The first kappa shape index (κ1) is 16.1. The standard InChI is InChI=1S/C13H24N2O3S/c1-8(2)10-15(9(6-19-10)11(16)17)12(18)14-7-13(3,4)5/h8-10H,6-7H2,1-5H3,(H,14,18)(H,16,17). The number of amides is 2. The van der Waals surface area contributed by atoms with Crippen molar-refractivity contribution in [2.24, 2.45) is 11.3 Å². The normalized spacial score (nSPS) is 23.8. The smallest absolute Gasteiger partial charge is 0.327 e. The monoisotopic (exact) mass is 288 g/mol. The molecule has 0 saturated carbocycles. The van der Waals surface area contributed by atoms with Gasteiger partial charge in [0.05, 0.1) is 5.37 Å². The quantitative estimate of drug-likeness (QED) is 0.835. The lowest BCUT2D eigenvalue weighted by Gasteiger charge is -2.31. The van der Waals surface area contributed by atoms with E-state index in [9.17, 15) is 14.7 Å². The second kappa shape index (κ2) is 6.03. The maximum atomic E-state index is 12.3. The Hall–Kier alpha value is -0.910. The molecule has 5 nitrogen and oxygen atoms in total. The van der Waals surface area contributed by atoms with Gasteiger partial charge in [0.15, 0.2) is 0 Å². The molecule has 0 radical (unpaired) electrons. The van der Waals surface area contributed by atoms with Crippen molar-refractivity contribution in [3.63, 3.8) is 0 Å². The molecule has 0 bridgehead atoms. The van der Waals surface area contributed by atoms with Crippen molar-refractivity contribution in [2.75, 3.05) is 12.3 Å². The molecule has 6 heteroatoms. The molecule has 19 heavy (non-hydrogen) atoms. The van der Waals surface area contributed by atoms with Crippen molar-refractivity contribution in [3.8, 4) is 0 Å². The van der Waals surface area contributed by atoms with Gasteiger partial charge in [-0.1, -0.05) is 34.6 Å². The number of carbonyl (C=O) groups excluding carboxylic acids is 1. The van der Waals surface area contributed by atoms with Crippen LogP contribution in [0.15, 0.2) is 0 Å². The maximum Gasteiger partial charge on any atom is 0.327 e. The third kappa shape index (κ3) is 4.30. The minimum atomic E-state index is -0.929. The molecule has 0 aliphatic carbocycles. The Bertz CT molecular complexity index is 352. The highest BCUT2D eigenvalue weighted by Crippen LogP contribution is 2.34. The lowest BCUT2D eigenvalue weighted by atomic mass is 9.97. The second-order valence-corrected chi connectivity index (χ2v) is 7.60. The fourth-order valence-electron chi connectivity index (χ4n) is 1.92. The summed E-state index contributed by atoms with van der Waals surface area (Å²) in [5.41, 5.74) is -0.0193. The Kier molecular flexibility index (Phi) is 5.12. The van der Waals surface area contributed by atoms with E-state index in [0.29, 0.717) is 12.3 Å². The van der Waals surface area contributed by atoms with E-state index in [2.05, 4.69) is 5.32 Å². The zero-order chi connectivity index (χ0) is 14.8. The van der Waals surface area contributed by atoms with E-state index in [4.69, 9.17) is 0 Å². The van der Waals surface area contributed by atoms with E-state index in [1.54, 1.807) is 11.8 Å². The average Bonchev–Trinajstić information content (AvgIpc) is 2.69. The number of nitrogens with zero attached hydrogens (tertiary/aromatic N) is 1. The Balaban J connectivity index is 2.78. The van der Waals surface area contributed by atoms with Gasteiger partial charge in [-0.05, 0) is 11.3 Å². The summed E-state index contributed by atoms with van der Waals surface area (Å²) in [4.78, 5) is 25.0. The van der Waals surface area contributed by atoms with E-state index < -0.39 is 12.0 Å². The van der Waals surface area contributed by atoms with Crippen LogP contribution < -0.4 is 5.32 Å². The molecular weight excluding hydrogens is 264 g/mol. The molecule has 2 atom stereocenters. The van der Waals surface area contributed by atoms with Gasteiger partial charge >= 0.3 is 12.0 Å². The van der Waals surface area contributed by atoms with Gasteiger partial charge in [-0.2, -0.15) is 0 Å². The molecule has 0 aromatic rings. The minimum Gasteiger partial charge on any atom is -0.480 e. The first-order chi connectivity index (χ1) is 8.63. The zero-order valence-corrected chi connectivity index (χ0v) is 13.1. The first-order valence-electron chi connectivity index (χ1n) is 6.54. The van der Waals surface area contributed by atoms with E-state index in [1.807, 2.05) is 34.6 Å². The fourth-order valence-corrected chi connectivity index (χ4v) is 3.39. The summed E-state index contributed by atoms with van der Waals surface area (Å²) in [6.45, 7) is 10.6. The van der Waals surface area contributed by atoms with Gasteiger partial charge in [0, 0.05) is 12.3 Å². The van der Waals surface area contributed by atoms with Crippen molar-refractivity contribution in [1.29, 1.82) is 0 Å². The summed E-state index contributed by atoms with van der Waals surface area (Å²) >= 11 is 1.54. The minimum absolute atomic E-state index is 0.0193. The van der Waals surface area contributed by atoms with Gasteiger partial charge in [0.25, 0.3) is 0 Å². The molecule has 2 amide bonds. The number of carboxylic acids is 1. The van der Waals surface area contributed by atoms with Crippen molar-refractivity contribution >= 4 is 23.8 Å². The van der Waals surface area contributed by atoms with Crippen LogP contribution in [0, 0.1) is 11.3 Å². The van der Waals surface area contributed by atoms with E-state index in [0.717, 1.165) is 0 Å². The topological polar surface area (TPSA) is 69.6 Å². The fraction of sp³-hybridized carbons (Fsp3) is 0.846. The molecule has 0 spiro atoms. The third-order valence-corrected chi connectivity index (χ3v) is 4.52. The largest absolute Gasteiger partial charge is 0.480 e. The summed E-state index contributed by atoms with van der Waals surface area (Å²) in [7, 11) is 0. The Labute approximate surface area is 119 Å². The molecule has 110 valence electrons. The van der Waals surface area contributed by atoms with E-state index in [-0.39, 0.29) is 22.7 Å². The van der Waals surface area contributed by atoms with Crippen LogP contribution in [0.1, 0.15) is 34.6 Å². The molecule has 1 fully saturated rings. The van der Waals surface area contributed by atoms with Crippen molar-refractivity contribution in [2.45, 2.75) is 46.0 Å². The predicted octanol–water partition coefficient (Wildman–Crippen LogP) is 2.23. The number of urea groups is 1. The highest BCUT2D eigenvalue weighted by Gasteiger charge is 2.42. The van der Waals surface area contributed by atoms with Gasteiger partial charge in [0.2, 0.25) is 0 Å². The Morgan fingerprint density at radius 2 is 2.00 bits per heavy atom. The third-order valence-electron chi connectivity index (χ3n) is 2.89. The highest BCUT2D eigenvalue weighted by atomic mass is 32.2. The molecule has 1 rings (SSSR count). The maximum absolute atomic E-state index is 12.3. The molecule has 1 aliphatic heterocycles. The summed E-state index contributed by atoms with van der Waals surface area (Å²) in [5, 5.41) is 12.0. The summed E-state index contributed by atoms with van der Waals surface area (Å²) < 4.78 is 0. The number of carboxylic acid groups (broad SMARTS) is 1. The van der Waals surface area contributed by atoms with Crippen LogP contribution in [0.25, 0.3) is 0 Å². The number of thioether (sulfide) groups is 1. The van der Waals surface area contributed by atoms with E-state index >= 15 is 0 Å². The highest BCUT2D eigenvalue weighted by molar-refractivity contribution is 8.00. The molecule has 0 aromatic heterocycles. The van der Waals surface area contributed by atoms with Gasteiger partial charge < -0.3 is 10.4 Å². The lowest BCUT2D eigenvalue weighted by molar-refractivity contribution is -0.141. The Morgan fingerprint density at radius 3 is 2.42 bits per heavy atom. The van der Waals surface area contributed by atoms with Gasteiger partial charge in [-0.25, -0.2) is 9.59 Å². The average molecular weight is 288 g/mol. The number of carbonyl (C=O) groups is 2. The van der Waals surface area contributed by atoms with Crippen LogP contribution in [-0.2, 0) is 4.79 Å². The van der Waals surface area contributed by atoms with Crippen LogP contribution >= 0.6 is 11.8 Å². The number of aliphatic carboxylic acids is 1. The van der Waals surface area contributed by atoms with Gasteiger partial charge in [-0.3, -0.25) is 4.90 Å². The molecule has 0 aromatic carbocycles. The molecule has 2 N–H and O–H groups in total. The second-order valence-electron chi connectivity index (χ2n) is 6.45. The Morgan fingerprint density at radius 1 is 1.42 bits per heavy atom. The van der Waals surface area contributed by atoms with Gasteiger partial charge in [0.1, 0.15) is 6.04 Å². The number of rotatable bonds is 3.